The largest absolute Gasteiger partial charge is 0.463 e. The van der Waals surface area contributed by atoms with Crippen molar-refractivity contribution in [3.8, 4) is 5.69 Å². The average molecular weight is 991 g/mol. The molecule has 3 aromatic rings. The van der Waals surface area contributed by atoms with Crippen molar-refractivity contribution in [2.75, 3.05) is 13.2 Å². The molecule has 1 aromatic heterocycles. The number of benzene rings is 2. The zero-order valence-corrected chi connectivity index (χ0v) is 39.6. The second kappa shape index (κ2) is 24.9. The van der Waals surface area contributed by atoms with E-state index in [1.807, 2.05) is 61.5 Å². The molecule has 2 saturated heterocycles. The molecule has 2 aliphatic rings. The molecule has 0 aliphatic carbocycles. The van der Waals surface area contributed by atoms with Gasteiger partial charge >= 0.3 is 41.8 Å². The van der Waals surface area contributed by atoms with Crippen LogP contribution < -0.4 is 9.60 Å². The van der Waals surface area contributed by atoms with Gasteiger partial charge in [-0.15, -0.1) is 24.8 Å². The van der Waals surface area contributed by atoms with Gasteiger partial charge in [0.15, 0.2) is 43.0 Å². The number of rotatable bonds is 14. The molecule has 20 nitrogen and oxygen atoms in total. The van der Waals surface area contributed by atoms with Crippen molar-refractivity contribution in [3.05, 3.63) is 69.8 Å². The van der Waals surface area contributed by atoms with E-state index < -0.39 is 116 Å². The molecule has 24 heteroatoms. The Balaban J connectivity index is 0.00000561. The summed E-state index contributed by atoms with van der Waals surface area (Å²) in [5.74, 6) is -5.90. The molecule has 0 unspecified atom stereocenters. The third kappa shape index (κ3) is 15.2. The van der Waals surface area contributed by atoms with E-state index >= 15 is 0 Å². The molecular weight excluding hydrogens is 941 g/mol. The highest BCUT2D eigenvalue weighted by atomic mass is 35.5. The lowest BCUT2D eigenvalue weighted by Crippen LogP contribution is -2.67. The monoisotopic (exact) mass is 989 g/mol. The first-order chi connectivity index (χ1) is 29.9. The maximum Gasteiger partial charge on any atom is 0.303 e. The van der Waals surface area contributed by atoms with E-state index in [4.69, 9.17) is 57.4 Å². The zero-order valence-electron chi connectivity index (χ0n) is 36.3. The lowest BCUT2D eigenvalue weighted by atomic mass is 9.95. The number of aromatic nitrogens is 1. The standard InChI is InChI=1S/C41H47N3O17S2.2ClH/c1-20-13-12-14-28(17-20)42-40-44(29-15-10-9-11-16-29)41(63-62-40)43-38-36(57-26(7)50)34(55-24(5)48)33(30(59-38)18-52-21(2)45)61-39-37(58-27(8)51)35(56-25(6)49)32(54-23(4)47)31(60-39)19-53-22(3)46;;/h9-17,30-39H,18-19H2,1-8H3;2*1H/b42-40?,43-41+;;/t30-,31-,32+,33-,34+,35+,36-,37-,38-,39+;;/m1../s1. The van der Waals surface area contributed by atoms with Gasteiger partial charge in [-0.05, 0) is 57.4 Å². The lowest BCUT2D eigenvalue weighted by Gasteiger charge is -2.48. The van der Waals surface area contributed by atoms with Crippen LogP contribution in [0, 0.1) is 6.92 Å². The molecule has 65 heavy (non-hydrogen) atoms. The van der Waals surface area contributed by atoms with Crippen molar-refractivity contribution in [2.24, 2.45) is 9.98 Å². The van der Waals surface area contributed by atoms with Crippen molar-refractivity contribution in [2.45, 2.75) is 117 Å². The lowest BCUT2D eigenvalue weighted by molar-refractivity contribution is -0.344. The van der Waals surface area contributed by atoms with Crippen LogP contribution in [0.2, 0.25) is 0 Å². The van der Waals surface area contributed by atoms with Gasteiger partial charge in [-0.2, -0.15) is 0 Å². The van der Waals surface area contributed by atoms with E-state index in [-0.39, 0.29) is 24.8 Å². The van der Waals surface area contributed by atoms with Gasteiger partial charge in [0.05, 0.1) is 11.4 Å². The van der Waals surface area contributed by atoms with Gasteiger partial charge in [-0.25, -0.2) is 9.98 Å². The molecule has 3 heterocycles. The molecular formula is C41H49Cl2N3O17S2. The van der Waals surface area contributed by atoms with Crippen molar-refractivity contribution in [1.29, 1.82) is 0 Å². The molecule has 2 fully saturated rings. The number of hydrogen-bond donors (Lipinski definition) is 0. The molecule has 2 aromatic carbocycles. The Morgan fingerprint density at radius 2 is 1.06 bits per heavy atom. The third-order valence-corrected chi connectivity index (χ3v) is 11.0. The third-order valence-electron chi connectivity index (χ3n) is 8.96. The van der Waals surface area contributed by atoms with Gasteiger partial charge in [-0.1, -0.05) is 30.3 Å². The Morgan fingerprint density at radius 1 is 0.569 bits per heavy atom. The number of aryl methyl sites for hydroxylation is 1. The van der Waals surface area contributed by atoms with Crippen LogP contribution in [0.25, 0.3) is 5.69 Å². The highest BCUT2D eigenvalue weighted by Gasteiger charge is 2.57. The first-order valence-electron chi connectivity index (χ1n) is 19.4. The zero-order chi connectivity index (χ0) is 46.0. The maximum absolute atomic E-state index is 12.9. The molecule has 0 spiro atoms. The van der Waals surface area contributed by atoms with Gasteiger partial charge < -0.3 is 47.4 Å². The first-order valence-corrected chi connectivity index (χ1v) is 21.6. The van der Waals surface area contributed by atoms with E-state index in [1.54, 1.807) is 4.57 Å². The fraction of sp³-hybridized carbons (Fsp3) is 0.488. The van der Waals surface area contributed by atoms with Gasteiger partial charge in [-0.3, -0.25) is 38.1 Å². The summed E-state index contributed by atoms with van der Waals surface area (Å²) in [5, 5.41) is 0. The highest BCUT2D eigenvalue weighted by Crippen LogP contribution is 2.35. The van der Waals surface area contributed by atoms with E-state index in [2.05, 4.69) is 0 Å². The van der Waals surface area contributed by atoms with E-state index in [0.29, 0.717) is 21.0 Å². The summed E-state index contributed by atoms with van der Waals surface area (Å²) >= 11 is 0. The molecule has 0 N–H and O–H groups in total. The summed E-state index contributed by atoms with van der Waals surface area (Å²) in [7, 11) is 2.50. The van der Waals surface area contributed by atoms with Crippen LogP contribution in [-0.4, -0.2) is 121 Å². The van der Waals surface area contributed by atoms with Crippen molar-refractivity contribution in [1.82, 2.24) is 4.57 Å². The molecule has 0 radical (unpaired) electrons. The van der Waals surface area contributed by atoms with Gasteiger partial charge in [0.25, 0.3) is 0 Å². The van der Waals surface area contributed by atoms with Crippen LogP contribution in [0.15, 0.2) is 64.6 Å². The summed E-state index contributed by atoms with van der Waals surface area (Å²) in [5.41, 5.74) is 2.33. The summed E-state index contributed by atoms with van der Waals surface area (Å²) in [6.07, 6.45) is -15.9. The fourth-order valence-electron chi connectivity index (χ4n) is 6.69. The molecule has 2 aliphatic heterocycles. The van der Waals surface area contributed by atoms with Crippen LogP contribution in [0.3, 0.4) is 0 Å². The number of halogens is 2. The summed E-state index contributed by atoms with van der Waals surface area (Å²) in [4.78, 5) is 98.1. The Morgan fingerprint density at radius 3 is 1.60 bits per heavy atom. The van der Waals surface area contributed by atoms with E-state index in [0.717, 1.165) is 54.0 Å². The Hall–Kier alpha value is -5.23. The smallest absolute Gasteiger partial charge is 0.303 e. The SMILES string of the molecule is CC(=O)OC[C@H]1O[C@@H](O[C@H]2[C@H](OC(C)=O)[C@@H](OC(C)=O)[C@H](/N=c3/ssc(=Nc4cccc(C)c4)n3-c3ccccc3)O[C@@H]2COC(C)=O)[C@H](OC(C)=O)[C@@H](OC(C)=O)[C@H]1OC(C)=O.Cl.Cl. The summed E-state index contributed by atoms with van der Waals surface area (Å²) < 4.78 is 59.7. The van der Waals surface area contributed by atoms with Crippen LogP contribution in [0.1, 0.15) is 54.0 Å². The van der Waals surface area contributed by atoms with Gasteiger partial charge in [0, 0.05) is 48.5 Å². The van der Waals surface area contributed by atoms with Gasteiger partial charge in [0.1, 0.15) is 31.5 Å². The van der Waals surface area contributed by atoms with Gasteiger partial charge in [0.2, 0.25) is 9.60 Å². The number of esters is 7. The molecule has 0 saturated carbocycles. The van der Waals surface area contributed by atoms with Crippen molar-refractivity contribution >= 4 is 93.0 Å². The summed E-state index contributed by atoms with van der Waals surface area (Å²) in [6, 6.07) is 16.7. The second-order valence-corrected chi connectivity index (χ2v) is 16.2. The van der Waals surface area contributed by atoms with Crippen LogP contribution in [0.4, 0.5) is 5.69 Å². The summed E-state index contributed by atoms with van der Waals surface area (Å²) in [6.45, 7) is 8.39. The second-order valence-electron chi connectivity index (χ2n) is 14.2. The molecule has 0 bridgehead atoms. The molecule has 356 valence electrons. The minimum absolute atomic E-state index is 0. The van der Waals surface area contributed by atoms with Crippen LogP contribution in [-0.2, 0) is 80.9 Å². The van der Waals surface area contributed by atoms with Crippen LogP contribution >= 0.6 is 45.5 Å². The van der Waals surface area contributed by atoms with E-state index in [1.165, 1.54) is 20.7 Å². The molecule has 0 amide bonds. The maximum atomic E-state index is 12.9. The topological polar surface area (TPSA) is 241 Å². The quantitative estimate of drug-likeness (QED) is 0.128. The highest BCUT2D eigenvalue weighted by molar-refractivity contribution is 7.67. The number of carbonyl (C=O) groups excluding carboxylic acids is 7. The Labute approximate surface area is 392 Å². The fourth-order valence-corrected chi connectivity index (χ4v) is 8.85. The molecule has 5 rings (SSSR count). The van der Waals surface area contributed by atoms with Crippen molar-refractivity contribution < 1.29 is 80.9 Å². The number of para-hydroxylation sites is 1. The minimum Gasteiger partial charge on any atom is -0.463 e. The van der Waals surface area contributed by atoms with Crippen LogP contribution in [0.5, 0.6) is 0 Å². The number of carbonyl (C=O) groups is 7. The predicted molar refractivity (Wildman–Crippen MR) is 231 cm³/mol. The normalized spacial score (nSPS) is 25.4. The van der Waals surface area contributed by atoms with E-state index in [9.17, 15) is 33.6 Å². The molecule has 10 atom stereocenters. The predicted octanol–water partition coefficient (Wildman–Crippen LogP) is 3.51. The number of nitrogens with zero attached hydrogens (tertiary/aromatic N) is 3. The first kappa shape index (κ1) is 54.1. The Kier molecular flexibility index (Phi) is 20.7. The number of hydrogen-bond acceptors (Lipinski definition) is 21. The average Bonchev–Trinajstić information content (AvgIpc) is 3.58. The number of ether oxygens (including phenoxy) is 10. The minimum atomic E-state index is -1.83. The Bertz CT molecular complexity index is 2300. The van der Waals surface area contributed by atoms with Crippen molar-refractivity contribution in [3.63, 3.8) is 0 Å².